The van der Waals surface area contributed by atoms with Crippen LogP contribution in [0.25, 0.3) is 16.6 Å². The third-order valence-electron chi connectivity index (χ3n) is 5.91. The van der Waals surface area contributed by atoms with Gasteiger partial charge in [0.2, 0.25) is 0 Å². The minimum atomic E-state index is 0.00313. The maximum Gasteiger partial charge on any atom is 0.154 e. The predicted octanol–water partition coefficient (Wildman–Crippen LogP) is 2.66. The molecule has 2 N–H and O–H groups in total. The van der Waals surface area contributed by atoms with Gasteiger partial charge in [0.15, 0.2) is 5.82 Å². The Labute approximate surface area is 184 Å². The largest absolute Gasteiger partial charge is 0.484 e. The van der Waals surface area contributed by atoms with Crippen LogP contribution in [0, 0.1) is 13.8 Å². The van der Waals surface area contributed by atoms with E-state index in [9.17, 15) is 0 Å². The lowest BCUT2D eigenvalue weighted by Crippen LogP contribution is -2.34. The van der Waals surface area contributed by atoms with Crippen LogP contribution in [0.3, 0.4) is 0 Å². The van der Waals surface area contributed by atoms with Crippen LogP contribution in [0.2, 0.25) is 0 Å². The highest BCUT2D eigenvalue weighted by atomic mass is 16.6. The Kier molecular flexibility index (Phi) is 4.51. The second-order valence-corrected chi connectivity index (χ2v) is 8.27. The van der Waals surface area contributed by atoms with Crippen LogP contribution in [-0.2, 0) is 4.74 Å². The molecule has 2 saturated heterocycles. The van der Waals surface area contributed by atoms with E-state index in [-0.39, 0.29) is 18.2 Å². The normalized spacial score (nSPS) is 21.9. The molecule has 3 atom stereocenters. The fourth-order valence-corrected chi connectivity index (χ4v) is 4.28. The fraction of sp³-hybridized carbons (Fsp3) is 0.304. The van der Waals surface area contributed by atoms with Crippen molar-refractivity contribution >= 4 is 17.2 Å². The van der Waals surface area contributed by atoms with E-state index in [2.05, 4.69) is 42.8 Å². The third-order valence-corrected chi connectivity index (χ3v) is 5.91. The molecule has 2 aliphatic heterocycles. The van der Waals surface area contributed by atoms with Crippen molar-refractivity contribution in [3.8, 4) is 16.9 Å². The zero-order valence-corrected chi connectivity index (χ0v) is 17.8. The maximum atomic E-state index is 6.41. The van der Waals surface area contributed by atoms with Gasteiger partial charge in [0, 0.05) is 30.1 Å². The Morgan fingerprint density at radius 1 is 1.06 bits per heavy atom. The zero-order chi connectivity index (χ0) is 21.7. The van der Waals surface area contributed by atoms with Crippen LogP contribution < -0.4 is 15.4 Å². The fourth-order valence-electron chi connectivity index (χ4n) is 4.28. The number of rotatable bonds is 5. The van der Waals surface area contributed by atoms with Crippen molar-refractivity contribution < 1.29 is 9.47 Å². The topological polar surface area (TPSA) is 98.5 Å². The van der Waals surface area contributed by atoms with Crippen molar-refractivity contribution in [1.82, 2.24) is 29.9 Å². The molecule has 32 heavy (non-hydrogen) atoms. The van der Waals surface area contributed by atoms with Crippen LogP contribution in [0.1, 0.15) is 11.4 Å². The first-order valence-electron chi connectivity index (χ1n) is 10.7. The molecule has 6 rings (SSSR count). The van der Waals surface area contributed by atoms with Crippen LogP contribution >= 0.6 is 0 Å². The summed E-state index contributed by atoms with van der Waals surface area (Å²) in [7, 11) is 0. The highest BCUT2D eigenvalue weighted by Gasteiger charge is 2.45. The van der Waals surface area contributed by atoms with Gasteiger partial charge in [0.25, 0.3) is 0 Å². The number of aromatic nitrogens is 5. The van der Waals surface area contributed by atoms with E-state index in [1.165, 1.54) is 0 Å². The monoisotopic (exact) mass is 429 g/mol. The number of hydrogen-bond donors (Lipinski definition) is 2. The van der Waals surface area contributed by atoms with Crippen LogP contribution in [0.4, 0.5) is 11.6 Å². The Hall–Kier alpha value is -3.56. The summed E-state index contributed by atoms with van der Waals surface area (Å²) < 4.78 is 14.0. The summed E-state index contributed by atoms with van der Waals surface area (Å²) in [6, 6.07) is 8.40. The lowest BCUT2D eigenvalue weighted by atomic mass is 10.1. The molecule has 0 saturated carbocycles. The summed E-state index contributed by atoms with van der Waals surface area (Å²) in [5.41, 5.74) is 4.81. The number of anilines is 2. The first-order valence-corrected chi connectivity index (χ1v) is 10.7. The summed E-state index contributed by atoms with van der Waals surface area (Å²) in [6.07, 6.45) is 7.27. The minimum Gasteiger partial charge on any atom is -0.484 e. The van der Waals surface area contributed by atoms with Crippen molar-refractivity contribution in [1.29, 1.82) is 0 Å². The molecule has 2 fully saturated rings. The summed E-state index contributed by atoms with van der Waals surface area (Å²) >= 11 is 0. The van der Waals surface area contributed by atoms with Gasteiger partial charge in [-0.3, -0.25) is 9.97 Å². The second-order valence-electron chi connectivity index (χ2n) is 8.27. The second kappa shape index (κ2) is 7.54. The summed E-state index contributed by atoms with van der Waals surface area (Å²) in [5.74, 6) is 2.12. The van der Waals surface area contributed by atoms with Crippen molar-refractivity contribution in [3.05, 3.63) is 60.4 Å². The quantitative estimate of drug-likeness (QED) is 0.500. The molecule has 2 bridgehead atoms. The van der Waals surface area contributed by atoms with Gasteiger partial charge in [-0.25, -0.2) is 9.50 Å². The highest BCUT2D eigenvalue weighted by Crippen LogP contribution is 2.34. The standard InChI is InChI=1S/C23H23N7O2/c1-13-5-17(19(9-24-13)32-23-18-12-31-20(23)10-26-18)15-3-4-30-16(6-15)7-21(29-30)28-22-11-25-14(2)8-27-22/h3-9,11,18,20,23,26H,10,12H2,1-2H3,(H,27,28,29)/t18-,20-,23+/m0/s1. The van der Waals surface area contributed by atoms with Crippen molar-refractivity contribution in [2.75, 3.05) is 18.5 Å². The van der Waals surface area contributed by atoms with Gasteiger partial charge in [0.1, 0.15) is 23.8 Å². The van der Waals surface area contributed by atoms with Crippen molar-refractivity contribution in [3.63, 3.8) is 0 Å². The number of aryl methyl sites for hydroxylation is 2. The molecule has 9 nitrogen and oxygen atoms in total. The van der Waals surface area contributed by atoms with Crippen LogP contribution in [-0.4, -0.2) is 56.0 Å². The van der Waals surface area contributed by atoms with Gasteiger partial charge in [0.05, 0.1) is 42.4 Å². The van der Waals surface area contributed by atoms with E-state index in [1.54, 1.807) is 12.4 Å². The summed E-state index contributed by atoms with van der Waals surface area (Å²) in [4.78, 5) is 13.1. The molecule has 2 aliphatic rings. The lowest BCUT2D eigenvalue weighted by molar-refractivity contribution is 0.0596. The minimum absolute atomic E-state index is 0.00313. The first-order chi connectivity index (χ1) is 15.6. The Bertz CT molecular complexity index is 1270. The van der Waals surface area contributed by atoms with E-state index in [0.717, 1.165) is 40.3 Å². The van der Waals surface area contributed by atoms with E-state index in [1.807, 2.05) is 42.9 Å². The number of morpholine rings is 1. The number of hydrogen-bond acceptors (Lipinski definition) is 8. The Balaban J connectivity index is 1.31. The number of pyridine rings is 2. The van der Waals surface area contributed by atoms with Gasteiger partial charge in [-0.15, -0.1) is 0 Å². The first kappa shape index (κ1) is 19.1. The Morgan fingerprint density at radius 2 is 1.97 bits per heavy atom. The molecule has 6 heterocycles. The van der Waals surface area contributed by atoms with Gasteiger partial charge < -0.3 is 20.1 Å². The van der Waals surface area contributed by atoms with E-state index < -0.39 is 0 Å². The van der Waals surface area contributed by atoms with Gasteiger partial charge in [-0.05, 0) is 37.6 Å². The molecule has 0 spiro atoms. The average Bonchev–Trinajstić information content (AvgIpc) is 3.50. The number of fused-ring (bicyclic) bond motifs is 3. The van der Waals surface area contributed by atoms with Crippen LogP contribution in [0.5, 0.6) is 5.75 Å². The molecule has 0 radical (unpaired) electrons. The number of nitrogens with one attached hydrogen (secondary N) is 2. The lowest BCUT2D eigenvalue weighted by Gasteiger charge is -2.19. The molecule has 0 amide bonds. The summed E-state index contributed by atoms with van der Waals surface area (Å²) in [6.45, 7) is 5.40. The Morgan fingerprint density at radius 3 is 2.72 bits per heavy atom. The van der Waals surface area contributed by atoms with E-state index in [0.29, 0.717) is 18.2 Å². The number of nitrogens with zero attached hydrogens (tertiary/aromatic N) is 5. The van der Waals surface area contributed by atoms with Gasteiger partial charge >= 0.3 is 0 Å². The molecular weight excluding hydrogens is 406 g/mol. The molecule has 4 aromatic heterocycles. The average molecular weight is 429 g/mol. The molecule has 9 heteroatoms. The summed E-state index contributed by atoms with van der Waals surface area (Å²) in [5, 5.41) is 11.2. The van der Waals surface area contributed by atoms with E-state index in [4.69, 9.17) is 9.47 Å². The molecule has 0 aromatic carbocycles. The highest BCUT2D eigenvalue weighted by molar-refractivity contribution is 5.75. The molecular formula is C23H23N7O2. The predicted molar refractivity (Wildman–Crippen MR) is 119 cm³/mol. The molecule has 0 unspecified atom stereocenters. The van der Waals surface area contributed by atoms with Gasteiger partial charge in [-0.1, -0.05) is 0 Å². The van der Waals surface area contributed by atoms with Crippen molar-refractivity contribution in [2.45, 2.75) is 32.1 Å². The molecule has 0 aliphatic carbocycles. The van der Waals surface area contributed by atoms with Crippen LogP contribution in [0.15, 0.2) is 49.1 Å². The van der Waals surface area contributed by atoms with Gasteiger partial charge in [-0.2, -0.15) is 5.10 Å². The SMILES string of the molecule is Cc1cnc(Nc2cc3cc(-c4cc(C)ncc4O[C@@H]4[C@@H]5CO[C@H]4CN5)ccn3n2)cn1. The third kappa shape index (κ3) is 3.45. The van der Waals surface area contributed by atoms with Crippen molar-refractivity contribution in [2.24, 2.45) is 0 Å². The van der Waals surface area contributed by atoms with E-state index >= 15 is 0 Å². The smallest absolute Gasteiger partial charge is 0.154 e. The number of ether oxygens (including phenoxy) is 2. The maximum absolute atomic E-state index is 6.41. The molecule has 162 valence electrons. The molecule has 4 aromatic rings. The zero-order valence-electron chi connectivity index (χ0n) is 17.8.